The van der Waals surface area contributed by atoms with E-state index in [1.165, 1.54) is 0 Å². The summed E-state index contributed by atoms with van der Waals surface area (Å²) < 4.78 is 8.47. The molecule has 1 atom stereocenters. The van der Waals surface area contributed by atoms with Gasteiger partial charge in [0, 0.05) is 22.6 Å². The molecule has 0 aliphatic rings. The van der Waals surface area contributed by atoms with Crippen molar-refractivity contribution in [1.82, 2.24) is 9.78 Å². The maximum Gasteiger partial charge on any atom is 0.265 e. The number of anilines is 1. The van der Waals surface area contributed by atoms with Crippen LogP contribution in [-0.4, -0.2) is 21.8 Å². The molecule has 3 aromatic rings. The molecule has 0 aliphatic carbocycles. The molecule has 3 rings (SSSR count). The standard InChI is InChI=1S/C19H18BrN3O2/c1-14(25-18-9-5-16(20)6-10-18)19(24)22-17-7-3-15(4-8-17)13-23-12-2-11-21-23/h2-12,14H,13H2,1H3,(H,22,24). The maximum atomic E-state index is 12.3. The summed E-state index contributed by atoms with van der Waals surface area (Å²) in [5.74, 6) is 0.461. The van der Waals surface area contributed by atoms with Crippen LogP contribution < -0.4 is 10.1 Å². The van der Waals surface area contributed by atoms with Crippen LogP contribution in [-0.2, 0) is 11.3 Å². The van der Waals surface area contributed by atoms with Crippen molar-refractivity contribution in [2.75, 3.05) is 5.32 Å². The van der Waals surface area contributed by atoms with Crippen molar-refractivity contribution in [2.24, 2.45) is 0 Å². The number of amides is 1. The predicted octanol–water partition coefficient (Wildman–Crippen LogP) is 4.10. The zero-order valence-corrected chi connectivity index (χ0v) is 15.3. The molecule has 1 amide bonds. The molecule has 0 saturated heterocycles. The molecule has 6 heteroatoms. The highest BCUT2D eigenvalue weighted by atomic mass is 79.9. The summed E-state index contributed by atoms with van der Waals surface area (Å²) in [6.07, 6.45) is 3.07. The molecule has 1 N–H and O–H groups in total. The van der Waals surface area contributed by atoms with Gasteiger partial charge < -0.3 is 10.1 Å². The quantitative estimate of drug-likeness (QED) is 0.678. The number of nitrogens with one attached hydrogen (secondary N) is 1. The van der Waals surface area contributed by atoms with Crippen molar-refractivity contribution in [3.8, 4) is 5.75 Å². The van der Waals surface area contributed by atoms with E-state index >= 15 is 0 Å². The summed E-state index contributed by atoms with van der Waals surface area (Å²) in [6.45, 7) is 2.42. The van der Waals surface area contributed by atoms with Gasteiger partial charge >= 0.3 is 0 Å². The lowest BCUT2D eigenvalue weighted by Gasteiger charge is -2.15. The SMILES string of the molecule is CC(Oc1ccc(Br)cc1)C(=O)Nc1ccc(Cn2cccn2)cc1. The van der Waals surface area contributed by atoms with Crippen molar-refractivity contribution in [3.05, 3.63) is 77.0 Å². The normalized spacial score (nSPS) is 11.8. The highest BCUT2D eigenvalue weighted by molar-refractivity contribution is 9.10. The molecule has 1 aromatic heterocycles. The Kier molecular flexibility index (Phi) is 5.50. The monoisotopic (exact) mass is 399 g/mol. The van der Waals surface area contributed by atoms with Gasteiger partial charge in [-0.05, 0) is 55.0 Å². The van der Waals surface area contributed by atoms with Crippen LogP contribution in [0.4, 0.5) is 5.69 Å². The van der Waals surface area contributed by atoms with E-state index in [1.54, 1.807) is 13.1 Å². The average molecular weight is 400 g/mol. The Morgan fingerprint density at radius 2 is 1.92 bits per heavy atom. The van der Waals surface area contributed by atoms with Gasteiger partial charge in [0.05, 0.1) is 6.54 Å². The summed E-state index contributed by atoms with van der Waals surface area (Å²) in [7, 11) is 0. The summed E-state index contributed by atoms with van der Waals surface area (Å²) in [4.78, 5) is 12.3. The molecule has 0 saturated carbocycles. The number of halogens is 1. The minimum absolute atomic E-state index is 0.192. The molecule has 2 aromatic carbocycles. The fraction of sp³-hybridized carbons (Fsp3) is 0.158. The number of carbonyl (C=O) groups excluding carboxylic acids is 1. The lowest BCUT2D eigenvalue weighted by atomic mass is 10.2. The first kappa shape index (κ1) is 17.2. The van der Waals surface area contributed by atoms with Gasteiger partial charge in [-0.15, -0.1) is 0 Å². The molecule has 128 valence electrons. The summed E-state index contributed by atoms with van der Waals surface area (Å²) in [5.41, 5.74) is 1.85. The molecular weight excluding hydrogens is 382 g/mol. The molecule has 0 bridgehead atoms. The predicted molar refractivity (Wildman–Crippen MR) is 101 cm³/mol. The molecule has 1 heterocycles. The van der Waals surface area contributed by atoms with Crippen molar-refractivity contribution in [1.29, 1.82) is 0 Å². The van der Waals surface area contributed by atoms with Gasteiger partial charge in [-0.25, -0.2) is 0 Å². The third-order valence-electron chi connectivity index (χ3n) is 3.62. The molecule has 0 radical (unpaired) electrons. The number of hydrogen-bond donors (Lipinski definition) is 1. The number of benzene rings is 2. The van der Waals surface area contributed by atoms with Crippen molar-refractivity contribution in [2.45, 2.75) is 19.6 Å². The van der Waals surface area contributed by atoms with Crippen LogP contribution in [0.5, 0.6) is 5.75 Å². The summed E-state index contributed by atoms with van der Waals surface area (Å²) >= 11 is 3.37. The van der Waals surface area contributed by atoms with Gasteiger partial charge in [-0.1, -0.05) is 28.1 Å². The van der Waals surface area contributed by atoms with Crippen LogP contribution in [0, 0.1) is 0 Å². The highest BCUT2D eigenvalue weighted by Gasteiger charge is 2.14. The number of carbonyl (C=O) groups is 1. The van der Waals surface area contributed by atoms with Gasteiger partial charge in [0.2, 0.25) is 0 Å². The van der Waals surface area contributed by atoms with Gasteiger partial charge in [0.15, 0.2) is 6.10 Å². The van der Waals surface area contributed by atoms with Crippen molar-refractivity contribution >= 4 is 27.5 Å². The van der Waals surface area contributed by atoms with E-state index in [1.807, 2.05) is 65.5 Å². The molecular formula is C19H18BrN3O2. The Balaban J connectivity index is 1.55. The minimum atomic E-state index is -0.593. The lowest BCUT2D eigenvalue weighted by molar-refractivity contribution is -0.122. The Bertz CT molecular complexity index is 815. The topological polar surface area (TPSA) is 56.1 Å². The van der Waals surface area contributed by atoms with E-state index in [0.29, 0.717) is 12.3 Å². The fourth-order valence-corrected chi connectivity index (χ4v) is 2.55. The molecule has 0 aliphatic heterocycles. The van der Waals surface area contributed by atoms with Crippen LogP contribution in [0.2, 0.25) is 0 Å². The number of hydrogen-bond acceptors (Lipinski definition) is 3. The highest BCUT2D eigenvalue weighted by Crippen LogP contribution is 2.18. The van der Waals surface area contributed by atoms with E-state index < -0.39 is 6.10 Å². The molecule has 1 unspecified atom stereocenters. The van der Waals surface area contributed by atoms with Crippen LogP contribution in [0.15, 0.2) is 71.5 Å². The zero-order valence-electron chi connectivity index (χ0n) is 13.7. The van der Waals surface area contributed by atoms with E-state index in [2.05, 4.69) is 26.3 Å². The Labute approximate surface area is 154 Å². The molecule has 0 spiro atoms. The van der Waals surface area contributed by atoms with Crippen LogP contribution in [0.25, 0.3) is 0 Å². The smallest absolute Gasteiger partial charge is 0.265 e. The number of aromatic nitrogens is 2. The third-order valence-corrected chi connectivity index (χ3v) is 4.15. The minimum Gasteiger partial charge on any atom is -0.481 e. The van der Waals surface area contributed by atoms with Gasteiger partial charge in [-0.3, -0.25) is 9.48 Å². The second kappa shape index (κ2) is 7.98. The average Bonchev–Trinajstić information content (AvgIpc) is 3.11. The molecule has 0 fully saturated rings. The van der Waals surface area contributed by atoms with E-state index in [0.717, 1.165) is 15.7 Å². The summed E-state index contributed by atoms with van der Waals surface area (Å²) in [6, 6.07) is 17.0. The Morgan fingerprint density at radius 1 is 1.20 bits per heavy atom. The van der Waals surface area contributed by atoms with Crippen molar-refractivity contribution in [3.63, 3.8) is 0 Å². The first-order chi connectivity index (χ1) is 12.1. The van der Waals surface area contributed by atoms with Crippen LogP contribution in [0.3, 0.4) is 0 Å². The fourth-order valence-electron chi connectivity index (χ4n) is 2.29. The second-order valence-corrected chi connectivity index (χ2v) is 6.52. The van der Waals surface area contributed by atoms with E-state index in [-0.39, 0.29) is 5.91 Å². The molecule has 5 nitrogen and oxygen atoms in total. The van der Waals surface area contributed by atoms with E-state index in [9.17, 15) is 4.79 Å². The summed E-state index contributed by atoms with van der Waals surface area (Å²) in [5, 5.41) is 7.04. The van der Waals surface area contributed by atoms with Crippen molar-refractivity contribution < 1.29 is 9.53 Å². The Hall–Kier alpha value is -2.60. The zero-order chi connectivity index (χ0) is 17.6. The van der Waals surface area contributed by atoms with Gasteiger partial charge in [0.25, 0.3) is 5.91 Å². The number of nitrogens with zero attached hydrogens (tertiary/aromatic N) is 2. The van der Waals surface area contributed by atoms with Crippen LogP contribution in [0.1, 0.15) is 12.5 Å². The van der Waals surface area contributed by atoms with E-state index in [4.69, 9.17) is 4.74 Å². The third kappa shape index (κ3) is 4.93. The van der Waals surface area contributed by atoms with Crippen LogP contribution >= 0.6 is 15.9 Å². The van der Waals surface area contributed by atoms with Gasteiger partial charge in [-0.2, -0.15) is 5.10 Å². The number of rotatable bonds is 6. The second-order valence-electron chi connectivity index (χ2n) is 5.60. The lowest BCUT2D eigenvalue weighted by Crippen LogP contribution is -2.30. The largest absolute Gasteiger partial charge is 0.481 e. The molecule has 25 heavy (non-hydrogen) atoms. The number of ether oxygens (including phenoxy) is 1. The first-order valence-corrected chi connectivity index (χ1v) is 8.69. The Morgan fingerprint density at radius 3 is 2.56 bits per heavy atom. The first-order valence-electron chi connectivity index (χ1n) is 7.89. The maximum absolute atomic E-state index is 12.3. The van der Waals surface area contributed by atoms with Gasteiger partial charge in [0.1, 0.15) is 5.75 Å².